The molecule has 0 aromatic heterocycles. The van der Waals surface area contributed by atoms with Crippen LogP contribution in [0.1, 0.15) is 5.56 Å². The highest BCUT2D eigenvalue weighted by molar-refractivity contribution is 14.1. The highest BCUT2D eigenvalue weighted by atomic mass is 127. The van der Waals surface area contributed by atoms with Gasteiger partial charge in [-0.25, -0.2) is 9.82 Å². The SMILES string of the molecule is O=C(NN=Cc1ccc(I)cc1)C(=O)Nc1ccc(F)cc1. The minimum atomic E-state index is -0.911. The second-order valence-corrected chi connectivity index (χ2v) is 5.46. The number of hydrogen-bond acceptors (Lipinski definition) is 3. The minimum absolute atomic E-state index is 0.322. The standard InChI is InChI=1S/C15H11FIN3O2/c16-11-3-7-13(8-4-11)19-14(21)15(22)20-18-9-10-1-5-12(17)6-2-10/h1-9H,(H,19,21)(H,20,22). The number of hydrogen-bond donors (Lipinski definition) is 2. The van der Waals surface area contributed by atoms with Crippen molar-refractivity contribution in [2.45, 2.75) is 0 Å². The van der Waals surface area contributed by atoms with Crippen molar-refractivity contribution in [3.63, 3.8) is 0 Å². The normalized spacial score (nSPS) is 10.5. The molecule has 0 aliphatic rings. The lowest BCUT2D eigenvalue weighted by Gasteiger charge is -2.03. The Hall–Kier alpha value is -2.29. The number of rotatable bonds is 3. The van der Waals surface area contributed by atoms with Crippen molar-refractivity contribution in [1.82, 2.24) is 5.43 Å². The molecule has 0 aliphatic heterocycles. The third-order valence-electron chi connectivity index (χ3n) is 2.56. The maximum absolute atomic E-state index is 12.7. The summed E-state index contributed by atoms with van der Waals surface area (Å²) in [5.74, 6) is -2.22. The van der Waals surface area contributed by atoms with Crippen LogP contribution in [0.25, 0.3) is 0 Å². The fourth-order valence-electron chi connectivity index (χ4n) is 1.49. The van der Waals surface area contributed by atoms with Gasteiger partial charge in [0.15, 0.2) is 0 Å². The van der Waals surface area contributed by atoms with E-state index in [-0.39, 0.29) is 0 Å². The molecule has 0 spiro atoms. The van der Waals surface area contributed by atoms with Crippen LogP contribution in [0.15, 0.2) is 53.6 Å². The first-order chi connectivity index (χ1) is 10.5. The quantitative estimate of drug-likeness (QED) is 0.353. The van der Waals surface area contributed by atoms with Gasteiger partial charge in [-0.2, -0.15) is 5.10 Å². The van der Waals surface area contributed by atoms with Gasteiger partial charge in [-0.15, -0.1) is 0 Å². The number of hydrazone groups is 1. The maximum atomic E-state index is 12.7. The van der Waals surface area contributed by atoms with Gasteiger partial charge in [-0.1, -0.05) is 12.1 Å². The summed E-state index contributed by atoms with van der Waals surface area (Å²) in [7, 11) is 0. The summed E-state index contributed by atoms with van der Waals surface area (Å²) in [4.78, 5) is 23.1. The molecular formula is C15H11FIN3O2. The molecular weight excluding hydrogens is 400 g/mol. The molecule has 2 amide bonds. The highest BCUT2D eigenvalue weighted by Gasteiger charge is 2.12. The van der Waals surface area contributed by atoms with E-state index in [0.29, 0.717) is 5.69 Å². The Morgan fingerprint density at radius 2 is 1.64 bits per heavy atom. The van der Waals surface area contributed by atoms with Crippen LogP contribution in [0.2, 0.25) is 0 Å². The van der Waals surface area contributed by atoms with E-state index in [4.69, 9.17) is 0 Å². The highest BCUT2D eigenvalue weighted by Crippen LogP contribution is 2.08. The molecule has 2 N–H and O–H groups in total. The predicted molar refractivity (Wildman–Crippen MR) is 89.9 cm³/mol. The van der Waals surface area contributed by atoms with Crippen LogP contribution < -0.4 is 10.7 Å². The third kappa shape index (κ3) is 4.92. The van der Waals surface area contributed by atoms with E-state index in [1.54, 1.807) is 0 Å². The topological polar surface area (TPSA) is 70.6 Å². The summed E-state index contributed by atoms with van der Waals surface area (Å²) in [6.07, 6.45) is 1.43. The molecule has 5 nitrogen and oxygen atoms in total. The molecule has 0 aliphatic carbocycles. The molecule has 0 bridgehead atoms. The summed E-state index contributed by atoms with van der Waals surface area (Å²) < 4.78 is 13.8. The molecule has 2 rings (SSSR count). The molecule has 0 unspecified atom stereocenters. The van der Waals surface area contributed by atoms with Crippen LogP contribution >= 0.6 is 22.6 Å². The molecule has 0 fully saturated rings. The molecule has 0 saturated heterocycles. The molecule has 7 heteroatoms. The zero-order valence-corrected chi connectivity index (χ0v) is 13.4. The summed E-state index contributed by atoms with van der Waals surface area (Å²) >= 11 is 2.18. The van der Waals surface area contributed by atoms with Crippen molar-refractivity contribution in [3.8, 4) is 0 Å². The summed E-state index contributed by atoms with van der Waals surface area (Å²) in [5, 5.41) is 6.03. The first-order valence-electron chi connectivity index (χ1n) is 6.20. The summed E-state index contributed by atoms with van der Waals surface area (Å²) in [5.41, 5.74) is 3.23. The average molecular weight is 411 g/mol. The number of halogens is 2. The van der Waals surface area contributed by atoms with Gasteiger partial charge >= 0.3 is 11.8 Å². The first kappa shape index (κ1) is 16.1. The Bertz CT molecular complexity index is 700. The maximum Gasteiger partial charge on any atom is 0.329 e. The molecule has 0 atom stereocenters. The largest absolute Gasteiger partial charge is 0.329 e. The second-order valence-electron chi connectivity index (χ2n) is 4.21. The molecule has 0 saturated carbocycles. The molecule has 2 aromatic rings. The Morgan fingerprint density at radius 3 is 2.27 bits per heavy atom. The second kappa shape index (κ2) is 7.64. The smallest absolute Gasteiger partial charge is 0.318 e. The number of benzene rings is 2. The minimum Gasteiger partial charge on any atom is -0.318 e. The van der Waals surface area contributed by atoms with Crippen LogP contribution in [-0.4, -0.2) is 18.0 Å². The Labute approximate surface area is 139 Å². The van der Waals surface area contributed by atoms with Gasteiger partial charge in [-0.3, -0.25) is 9.59 Å². The van der Waals surface area contributed by atoms with E-state index in [0.717, 1.165) is 9.13 Å². The van der Waals surface area contributed by atoms with Gasteiger partial charge in [-0.05, 0) is 64.6 Å². The van der Waals surface area contributed by atoms with Crippen molar-refractivity contribution in [1.29, 1.82) is 0 Å². The fourth-order valence-corrected chi connectivity index (χ4v) is 1.85. The van der Waals surface area contributed by atoms with Crippen molar-refractivity contribution in [2.75, 3.05) is 5.32 Å². The van der Waals surface area contributed by atoms with Crippen LogP contribution in [0.3, 0.4) is 0 Å². The van der Waals surface area contributed by atoms with Crippen molar-refractivity contribution < 1.29 is 14.0 Å². The molecule has 2 aromatic carbocycles. The van der Waals surface area contributed by atoms with E-state index < -0.39 is 17.6 Å². The fraction of sp³-hybridized carbons (Fsp3) is 0. The molecule has 0 heterocycles. The number of nitrogens with one attached hydrogen (secondary N) is 2. The van der Waals surface area contributed by atoms with Crippen molar-refractivity contribution >= 4 is 46.3 Å². The zero-order chi connectivity index (χ0) is 15.9. The molecule has 112 valence electrons. The number of nitrogens with zero attached hydrogens (tertiary/aromatic N) is 1. The van der Waals surface area contributed by atoms with Crippen LogP contribution in [0.5, 0.6) is 0 Å². The number of carbonyl (C=O) groups is 2. The Balaban J connectivity index is 1.87. The van der Waals surface area contributed by atoms with Gasteiger partial charge in [0.1, 0.15) is 5.82 Å². The van der Waals surface area contributed by atoms with Gasteiger partial charge in [0.2, 0.25) is 0 Å². The van der Waals surface area contributed by atoms with E-state index in [2.05, 4.69) is 38.4 Å². The van der Waals surface area contributed by atoms with Gasteiger partial charge in [0, 0.05) is 9.26 Å². The van der Waals surface area contributed by atoms with E-state index in [1.165, 1.54) is 30.5 Å². The van der Waals surface area contributed by atoms with E-state index >= 15 is 0 Å². The summed E-state index contributed by atoms with van der Waals surface area (Å²) in [6, 6.07) is 12.5. The van der Waals surface area contributed by atoms with Crippen molar-refractivity contribution in [3.05, 3.63) is 63.5 Å². The Kier molecular flexibility index (Phi) is 5.59. The van der Waals surface area contributed by atoms with Crippen LogP contribution in [0.4, 0.5) is 10.1 Å². The lowest BCUT2D eigenvalue weighted by atomic mass is 10.2. The zero-order valence-electron chi connectivity index (χ0n) is 11.2. The first-order valence-corrected chi connectivity index (χ1v) is 7.28. The van der Waals surface area contributed by atoms with E-state index in [9.17, 15) is 14.0 Å². The lowest BCUT2D eigenvalue weighted by molar-refractivity contribution is -0.136. The van der Waals surface area contributed by atoms with Gasteiger partial charge in [0.25, 0.3) is 0 Å². The van der Waals surface area contributed by atoms with Gasteiger partial charge < -0.3 is 5.32 Å². The summed E-state index contributed by atoms with van der Waals surface area (Å²) in [6.45, 7) is 0. The molecule has 22 heavy (non-hydrogen) atoms. The third-order valence-corrected chi connectivity index (χ3v) is 3.28. The monoisotopic (exact) mass is 411 g/mol. The van der Waals surface area contributed by atoms with Gasteiger partial charge in [0.05, 0.1) is 6.21 Å². The van der Waals surface area contributed by atoms with Crippen LogP contribution in [-0.2, 0) is 9.59 Å². The average Bonchev–Trinajstić information content (AvgIpc) is 2.51. The number of amides is 2. The Morgan fingerprint density at radius 1 is 1.00 bits per heavy atom. The van der Waals surface area contributed by atoms with E-state index in [1.807, 2.05) is 24.3 Å². The number of anilines is 1. The van der Waals surface area contributed by atoms with Crippen LogP contribution in [0, 0.1) is 9.39 Å². The lowest BCUT2D eigenvalue weighted by Crippen LogP contribution is -2.32. The number of carbonyl (C=O) groups excluding carboxylic acids is 2. The predicted octanol–water partition coefficient (Wildman–Crippen LogP) is 2.52. The van der Waals surface area contributed by atoms with Crippen molar-refractivity contribution in [2.24, 2.45) is 5.10 Å². The molecule has 0 radical (unpaired) electrons.